The van der Waals surface area contributed by atoms with E-state index >= 15 is 0 Å². The maximum atomic E-state index is 13.1. The molecule has 1 aliphatic rings. The van der Waals surface area contributed by atoms with E-state index < -0.39 is 22.2 Å². The zero-order chi connectivity index (χ0) is 22.3. The molecule has 0 bridgehead atoms. The van der Waals surface area contributed by atoms with Gasteiger partial charge in [-0.1, -0.05) is 12.1 Å². The molecule has 0 unspecified atom stereocenters. The van der Waals surface area contributed by atoms with Crippen LogP contribution >= 0.6 is 11.3 Å². The monoisotopic (exact) mass is 461 g/mol. The Morgan fingerprint density at radius 3 is 2.50 bits per heavy atom. The lowest BCUT2D eigenvalue weighted by Gasteiger charge is -2.08. The maximum Gasteiger partial charge on any atom is 0.490 e. The zero-order valence-corrected chi connectivity index (χ0v) is 17.6. The third-order valence-corrected chi connectivity index (χ3v) is 7.78. The number of aromatic nitrogens is 2. The number of aliphatic carboxylic acids is 1. The number of rotatable bonds is 2. The van der Waals surface area contributed by atoms with Gasteiger partial charge in [0.2, 0.25) is 0 Å². The summed E-state index contributed by atoms with van der Waals surface area (Å²) in [7, 11) is -3.61. The third kappa shape index (κ3) is 4.20. The zero-order valence-electron chi connectivity index (χ0n) is 15.9. The van der Waals surface area contributed by atoms with Crippen LogP contribution in [0.4, 0.5) is 13.2 Å². The van der Waals surface area contributed by atoms with Crippen molar-refractivity contribution in [2.45, 2.75) is 37.2 Å². The van der Waals surface area contributed by atoms with Crippen LogP contribution in [-0.2, 0) is 27.8 Å². The summed E-state index contributed by atoms with van der Waals surface area (Å²) in [6.07, 6.45) is -2.47. The van der Waals surface area contributed by atoms with Gasteiger partial charge < -0.3 is 10.4 Å². The normalized spacial score (nSPS) is 14.2. The third-order valence-electron chi connectivity index (χ3n) is 4.44. The molecule has 162 valence electrons. The molecule has 0 aliphatic carbocycles. The lowest BCUT2D eigenvalue weighted by Crippen LogP contribution is -2.21. The van der Waals surface area contributed by atoms with Crippen LogP contribution < -0.4 is 5.32 Å². The van der Waals surface area contributed by atoms with Crippen LogP contribution in [0.1, 0.15) is 21.8 Å². The summed E-state index contributed by atoms with van der Waals surface area (Å²) in [4.78, 5) is 13.2. The second-order valence-corrected chi connectivity index (χ2v) is 9.82. The second-order valence-electron chi connectivity index (χ2n) is 6.60. The number of carboxylic acid groups (broad SMARTS) is 1. The van der Waals surface area contributed by atoms with Gasteiger partial charge in [0.15, 0.2) is 4.21 Å². The SMILES string of the molecule is Cc1nc(C)c(S(=O)(=O)n2cc3c4c(cccc42)CNCC3)s1.O=C(O)C(F)(F)F. The first-order valence-corrected chi connectivity index (χ1v) is 11.0. The van der Waals surface area contributed by atoms with Gasteiger partial charge in [-0.3, -0.25) is 0 Å². The molecule has 1 aliphatic heterocycles. The standard InChI is InChI=1S/C16H17N3O2S2.C2HF3O2/c1-10-16(22-11(2)18-10)23(20,21)19-9-13-6-7-17-8-12-4-3-5-14(19)15(12)13;3-2(4,5)1(6)7/h3-5,9,17H,6-8H2,1-2H3;(H,6,7). The summed E-state index contributed by atoms with van der Waals surface area (Å²) in [5, 5.41) is 12.3. The molecule has 3 aromatic rings. The topological polar surface area (TPSA) is 101 Å². The highest BCUT2D eigenvalue weighted by molar-refractivity contribution is 7.92. The highest BCUT2D eigenvalue weighted by Crippen LogP contribution is 2.32. The summed E-state index contributed by atoms with van der Waals surface area (Å²) >= 11 is 1.23. The van der Waals surface area contributed by atoms with Crippen LogP contribution in [0, 0.1) is 13.8 Å². The van der Waals surface area contributed by atoms with Gasteiger partial charge in [0, 0.05) is 18.1 Å². The van der Waals surface area contributed by atoms with Gasteiger partial charge >= 0.3 is 12.1 Å². The highest BCUT2D eigenvalue weighted by atomic mass is 32.2. The molecule has 3 heterocycles. The number of nitrogens with zero attached hydrogens (tertiary/aromatic N) is 2. The van der Waals surface area contributed by atoms with E-state index in [1.54, 1.807) is 13.1 Å². The van der Waals surface area contributed by atoms with Crippen molar-refractivity contribution in [1.82, 2.24) is 14.3 Å². The minimum absolute atomic E-state index is 0.332. The Morgan fingerprint density at radius 2 is 1.93 bits per heavy atom. The first-order valence-electron chi connectivity index (χ1n) is 8.75. The lowest BCUT2D eigenvalue weighted by atomic mass is 10.1. The average Bonchev–Trinajstić information content (AvgIpc) is 3.11. The quantitative estimate of drug-likeness (QED) is 0.608. The van der Waals surface area contributed by atoms with E-state index in [9.17, 15) is 21.6 Å². The summed E-state index contributed by atoms with van der Waals surface area (Å²) in [6.45, 7) is 5.21. The first-order chi connectivity index (χ1) is 13.9. The molecular weight excluding hydrogens is 443 g/mol. The van der Waals surface area contributed by atoms with E-state index in [1.165, 1.54) is 15.3 Å². The van der Waals surface area contributed by atoms with Crippen molar-refractivity contribution >= 4 is 38.2 Å². The molecule has 7 nitrogen and oxygen atoms in total. The van der Waals surface area contributed by atoms with Crippen molar-refractivity contribution in [3.05, 3.63) is 46.2 Å². The summed E-state index contributed by atoms with van der Waals surface area (Å²) < 4.78 is 59.8. The summed E-state index contributed by atoms with van der Waals surface area (Å²) in [6, 6.07) is 5.86. The van der Waals surface area contributed by atoms with Crippen LogP contribution in [0.2, 0.25) is 0 Å². The summed E-state index contributed by atoms with van der Waals surface area (Å²) in [5.74, 6) is -2.76. The van der Waals surface area contributed by atoms with Crippen molar-refractivity contribution in [2.75, 3.05) is 6.54 Å². The van der Waals surface area contributed by atoms with Crippen LogP contribution in [0.25, 0.3) is 10.9 Å². The van der Waals surface area contributed by atoms with Crippen LogP contribution in [-0.4, -0.2) is 41.2 Å². The number of halogens is 3. The molecule has 4 rings (SSSR count). The molecular formula is C18H18F3N3O4S2. The minimum atomic E-state index is -5.08. The smallest absolute Gasteiger partial charge is 0.475 e. The Hall–Kier alpha value is -2.44. The van der Waals surface area contributed by atoms with E-state index in [-0.39, 0.29) is 0 Å². The molecule has 0 spiro atoms. The Kier molecular flexibility index (Phi) is 5.94. The molecule has 1 aromatic carbocycles. The molecule has 0 fully saturated rings. The predicted molar refractivity (Wildman–Crippen MR) is 105 cm³/mol. The van der Waals surface area contributed by atoms with Crippen molar-refractivity contribution in [1.29, 1.82) is 0 Å². The lowest BCUT2D eigenvalue weighted by molar-refractivity contribution is -0.192. The van der Waals surface area contributed by atoms with E-state index in [1.807, 2.05) is 19.1 Å². The molecule has 0 atom stereocenters. The number of hydrogen-bond donors (Lipinski definition) is 2. The van der Waals surface area contributed by atoms with Gasteiger partial charge in [-0.2, -0.15) is 21.6 Å². The van der Waals surface area contributed by atoms with Crippen LogP contribution in [0.15, 0.2) is 28.6 Å². The van der Waals surface area contributed by atoms with Crippen LogP contribution in [0.3, 0.4) is 0 Å². The fraction of sp³-hybridized carbons (Fsp3) is 0.333. The number of carboxylic acids is 1. The molecule has 0 radical (unpaired) electrons. The minimum Gasteiger partial charge on any atom is -0.475 e. The van der Waals surface area contributed by atoms with Gasteiger partial charge in [-0.15, -0.1) is 11.3 Å². The van der Waals surface area contributed by atoms with Gasteiger partial charge in [-0.25, -0.2) is 13.8 Å². The number of benzene rings is 1. The predicted octanol–water partition coefficient (Wildman–Crippen LogP) is 3.23. The maximum absolute atomic E-state index is 13.1. The van der Waals surface area contributed by atoms with Crippen molar-refractivity contribution in [3.8, 4) is 0 Å². The van der Waals surface area contributed by atoms with E-state index in [2.05, 4.69) is 16.4 Å². The number of aryl methyl sites for hydroxylation is 2. The fourth-order valence-corrected chi connectivity index (χ4v) is 6.18. The van der Waals surface area contributed by atoms with E-state index in [0.29, 0.717) is 9.90 Å². The van der Waals surface area contributed by atoms with E-state index in [0.717, 1.165) is 46.5 Å². The van der Waals surface area contributed by atoms with Gasteiger partial charge in [0.05, 0.1) is 16.2 Å². The number of carbonyl (C=O) groups is 1. The Labute approximate surface area is 174 Å². The number of hydrogen-bond acceptors (Lipinski definition) is 6. The largest absolute Gasteiger partial charge is 0.490 e. The number of alkyl halides is 3. The highest BCUT2D eigenvalue weighted by Gasteiger charge is 2.38. The van der Waals surface area contributed by atoms with Crippen molar-refractivity contribution < 1.29 is 31.5 Å². The average molecular weight is 461 g/mol. The molecule has 0 amide bonds. The van der Waals surface area contributed by atoms with Crippen molar-refractivity contribution in [2.24, 2.45) is 0 Å². The Morgan fingerprint density at radius 1 is 1.27 bits per heavy atom. The van der Waals surface area contributed by atoms with Gasteiger partial charge in [0.1, 0.15) is 0 Å². The van der Waals surface area contributed by atoms with Crippen LogP contribution in [0.5, 0.6) is 0 Å². The van der Waals surface area contributed by atoms with E-state index in [4.69, 9.17) is 9.90 Å². The molecule has 30 heavy (non-hydrogen) atoms. The summed E-state index contributed by atoms with van der Waals surface area (Å²) in [5.41, 5.74) is 3.57. The van der Waals surface area contributed by atoms with Gasteiger partial charge in [-0.05, 0) is 44.0 Å². The Bertz CT molecular complexity index is 1210. The second kappa shape index (κ2) is 8.00. The molecule has 2 N–H and O–H groups in total. The Balaban J connectivity index is 0.000000318. The molecule has 0 saturated carbocycles. The number of thiazole rings is 1. The molecule has 12 heteroatoms. The molecule has 0 saturated heterocycles. The first kappa shape index (κ1) is 22.2. The van der Waals surface area contributed by atoms with Gasteiger partial charge in [0.25, 0.3) is 10.0 Å². The number of nitrogens with one attached hydrogen (secondary N) is 1. The fourth-order valence-electron chi connectivity index (χ4n) is 3.24. The molecule has 2 aromatic heterocycles. The van der Waals surface area contributed by atoms with Crippen molar-refractivity contribution in [3.63, 3.8) is 0 Å².